The van der Waals surface area contributed by atoms with E-state index in [0.717, 1.165) is 5.56 Å². The number of amides is 2. The minimum atomic E-state index is -0.555. The van der Waals surface area contributed by atoms with Gasteiger partial charge < -0.3 is 15.7 Å². The Morgan fingerprint density at radius 1 is 0.967 bits per heavy atom. The molecule has 0 spiro atoms. The van der Waals surface area contributed by atoms with Crippen molar-refractivity contribution in [3.05, 3.63) is 99.2 Å². The van der Waals surface area contributed by atoms with E-state index in [1.807, 2.05) is 25.1 Å². The van der Waals surface area contributed by atoms with Gasteiger partial charge in [-0.1, -0.05) is 47.5 Å². The van der Waals surface area contributed by atoms with Crippen LogP contribution in [0.4, 0.5) is 5.69 Å². The zero-order valence-electron chi connectivity index (χ0n) is 15.9. The molecule has 0 aliphatic carbocycles. The molecule has 0 saturated carbocycles. The van der Waals surface area contributed by atoms with Gasteiger partial charge in [-0.15, -0.1) is 0 Å². The number of anilines is 1. The van der Waals surface area contributed by atoms with Crippen molar-refractivity contribution in [2.24, 2.45) is 0 Å². The summed E-state index contributed by atoms with van der Waals surface area (Å²) in [5.74, 6) is -0.969. The number of hydrogen-bond donors (Lipinski definition) is 3. The van der Waals surface area contributed by atoms with Crippen LogP contribution in [0.5, 0.6) is 5.75 Å². The van der Waals surface area contributed by atoms with Crippen LogP contribution in [0, 0.1) is 6.92 Å². The number of benzene rings is 3. The van der Waals surface area contributed by atoms with Gasteiger partial charge in [0, 0.05) is 10.7 Å². The molecule has 3 aromatic rings. The molecular weight excluding hydrogens is 423 g/mol. The summed E-state index contributed by atoms with van der Waals surface area (Å²) >= 11 is 12.0. The number of halogens is 2. The third kappa shape index (κ3) is 5.63. The Morgan fingerprint density at radius 3 is 2.37 bits per heavy atom. The van der Waals surface area contributed by atoms with Gasteiger partial charge in [-0.05, 0) is 66.6 Å². The number of nitrogens with one attached hydrogen (secondary N) is 2. The van der Waals surface area contributed by atoms with Crippen LogP contribution in [0.2, 0.25) is 10.0 Å². The van der Waals surface area contributed by atoms with Crippen molar-refractivity contribution in [2.45, 2.75) is 6.92 Å². The lowest BCUT2D eigenvalue weighted by molar-refractivity contribution is -0.113. The van der Waals surface area contributed by atoms with Gasteiger partial charge in [0.15, 0.2) is 0 Å². The number of phenols is 1. The van der Waals surface area contributed by atoms with Crippen LogP contribution in [0.1, 0.15) is 21.5 Å². The average molecular weight is 441 g/mol. The summed E-state index contributed by atoms with van der Waals surface area (Å²) in [6.07, 6.45) is 1.51. The summed E-state index contributed by atoms with van der Waals surface area (Å²) in [7, 11) is 0. The third-order valence-electron chi connectivity index (χ3n) is 4.15. The molecule has 0 saturated heterocycles. The first kappa shape index (κ1) is 21.4. The fourth-order valence-electron chi connectivity index (χ4n) is 2.68. The van der Waals surface area contributed by atoms with Gasteiger partial charge in [-0.3, -0.25) is 9.59 Å². The van der Waals surface area contributed by atoms with Gasteiger partial charge in [0.25, 0.3) is 11.8 Å². The summed E-state index contributed by atoms with van der Waals surface area (Å²) in [6.45, 7) is 1.91. The van der Waals surface area contributed by atoms with E-state index < -0.39 is 11.8 Å². The summed E-state index contributed by atoms with van der Waals surface area (Å²) in [4.78, 5) is 25.6. The van der Waals surface area contributed by atoms with Crippen LogP contribution < -0.4 is 10.6 Å². The number of hydrogen-bond acceptors (Lipinski definition) is 3. The zero-order chi connectivity index (χ0) is 21.7. The minimum absolute atomic E-state index is 0.0122. The zero-order valence-corrected chi connectivity index (χ0v) is 17.5. The molecule has 0 atom stereocenters. The highest BCUT2D eigenvalue weighted by Crippen LogP contribution is 2.22. The Hall–Kier alpha value is -3.28. The number of aryl methyl sites for hydroxylation is 1. The van der Waals surface area contributed by atoms with E-state index in [2.05, 4.69) is 10.6 Å². The quantitative estimate of drug-likeness (QED) is 0.463. The number of carbonyl (C=O) groups is 2. The second kappa shape index (κ2) is 9.48. The maximum Gasteiger partial charge on any atom is 0.272 e. The van der Waals surface area contributed by atoms with E-state index in [1.54, 1.807) is 24.3 Å². The Balaban J connectivity index is 1.91. The van der Waals surface area contributed by atoms with Crippen LogP contribution in [0.3, 0.4) is 0 Å². The molecule has 5 nitrogen and oxygen atoms in total. The Labute approximate surface area is 184 Å². The molecule has 3 aromatic carbocycles. The molecule has 3 N–H and O–H groups in total. The van der Waals surface area contributed by atoms with Crippen LogP contribution >= 0.6 is 23.2 Å². The standard InChI is InChI=1S/C23H18Cl2N2O3/c1-14-3-2-4-17(11-14)26-23(30)21(12-15-5-8-18(28)9-6-15)27-22(29)19-10-7-16(24)13-20(19)25/h2-13,28H,1H3,(H,26,30)(H,27,29)/b21-12+. The molecule has 152 valence electrons. The fourth-order valence-corrected chi connectivity index (χ4v) is 3.17. The molecular formula is C23H18Cl2N2O3. The SMILES string of the molecule is Cc1cccc(NC(=O)/C(=C\c2ccc(O)cc2)NC(=O)c2ccc(Cl)cc2Cl)c1. The first-order valence-corrected chi connectivity index (χ1v) is 9.72. The molecule has 0 aliphatic rings. The van der Waals surface area contributed by atoms with Crippen molar-refractivity contribution < 1.29 is 14.7 Å². The monoisotopic (exact) mass is 440 g/mol. The number of phenolic OH excluding ortho intramolecular Hbond substituents is 1. The number of carbonyl (C=O) groups excluding carboxylic acids is 2. The highest BCUT2D eigenvalue weighted by atomic mass is 35.5. The molecule has 0 radical (unpaired) electrons. The predicted molar refractivity (Wildman–Crippen MR) is 120 cm³/mol. The Morgan fingerprint density at radius 2 is 1.70 bits per heavy atom. The van der Waals surface area contributed by atoms with Gasteiger partial charge in [0.2, 0.25) is 0 Å². The molecule has 0 heterocycles. The average Bonchev–Trinajstić information content (AvgIpc) is 2.69. The van der Waals surface area contributed by atoms with Crippen LogP contribution in [0.15, 0.2) is 72.4 Å². The van der Waals surface area contributed by atoms with Crippen molar-refractivity contribution in [1.82, 2.24) is 5.32 Å². The summed E-state index contributed by atoms with van der Waals surface area (Å²) in [6, 6.07) is 18.0. The lowest BCUT2D eigenvalue weighted by atomic mass is 10.1. The molecule has 0 aromatic heterocycles. The van der Waals surface area contributed by atoms with Gasteiger partial charge >= 0.3 is 0 Å². The van der Waals surface area contributed by atoms with Gasteiger partial charge in [0.05, 0.1) is 10.6 Å². The molecule has 0 bridgehead atoms. The van der Waals surface area contributed by atoms with Gasteiger partial charge in [-0.2, -0.15) is 0 Å². The van der Waals surface area contributed by atoms with E-state index in [9.17, 15) is 14.7 Å². The molecule has 30 heavy (non-hydrogen) atoms. The van der Waals surface area contributed by atoms with E-state index in [-0.39, 0.29) is 22.0 Å². The van der Waals surface area contributed by atoms with Crippen molar-refractivity contribution in [1.29, 1.82) is 0 Å². The maximum atomic E-state index is 12.9. The predicted octanol–water partition coefficient (Wildman–Crippen LogP) is 5.42. The first-order chi connectivity index (χ1) is 14.3. The van der Waals surface area contributed by atoms with Crippen molar-refractivity contribution in [3.8, 4) is 5.75 Å². The summed E-state index contributed by atoms with van der Waals surface area (Å²) < 4.78 is 0. The van der Waals surface area contributed by atoms with Crippen molar-refractivity contribution in [3.63, 3.8) is 0 Å². The number of rotatable bonds is 5. The van der Waals surface area contributed by atoms with Crippen LogP contribution in [-0.2, 0) is 4.79 Å². The van der Waals surface area contributed by atoms with Gasteiger partial charge in [-0.25, -0.2) is 0 Å². The Kier molecular flexibility index (Phi) is 6.77. The molecule has 3 rings (SSSR count). The smallest absolute Gasteiger partial charge is 0.272 e. The fraction of sp³-hybridized carbons (Fsp3) is 0.0435. The lowest BCUT2D eigenvalue weighted by Gasteiger charge is -2.12. The molecule has 0 fully saturated rings. The lowest BCUT2D eigenvalue weighted by Crippen LogP contribution is -2.31. The molecule has 7 heteroatoms. The highest BCUT2D eigenvalue weighted by molar-refractivity contribution is 6.36. The van der Waals surface area contributed by atoms with Crippen molar-refractivity contribution in [2.75, 3.05) is 5.32 Å². The maximum absolute atomic E-state index is 12.9. The highest BCUT2D eigenvalue weighted by Gasteiger charge is 2.17. The topological polar surface area (TPSA) is 78.4 Å². The van der Waals surface area contributed by atoms with E-state index in [1.165, 1.54) is 30.3 Å². The van der Waals surface area contributed by atoms with Crippen LogP contribution in [0.25, 0.3) is 6.08 Å². The first-order valence-electron chi connectivity index (χ1n) is 8.97. The van der Waals surface area contributed by atoms with Crippen molar-refractivity contribution >= 4 is 46.8 Å². The summed E-state index contributed by atoms with van der Waals surface area (Å²) in [5.41, 5.74) is 2.38. The van der Waals surface area contributed by atoms with E-state index >= 15 is 0 Å². The molecule has 0 unspecified atom stereocenters. The van der Waals surface area contributed by atoms with E-state index in [0.29, 0.717) is 16.3 Å². The third-order valence-corrected chi connectivity index (χ3v) is 4.70. The number of aromatic hydroxyl groups is 1. The van der Waals surface area contributed by atoms with Crippen LogP contribution in [-0.4, -0.2) is 16.9 Å². The Bertz CT molecular complexity index is 1130. The molecule has 0 aliphatic heterocycles. The van der Waals surface area contributed by atoms with E-state index in [4.69, 9.17) is 23.2 Å². The largest absolute Gasteiger partial charge is 0.508 e. The summed E-state index contributed by atoms with van der Waals surface area (Å²) in [5, 5.41) is 15.4. The second-order valence-electron chi connectivity index (χ2n) is 6.55. The minimum Gasteiger partial charge on any atom is -0.508 e. The van der Waals surface area contributed by atoms with Gasteiger partial charge in [0.1, 0.15) is 11.4 Å². The normalized spacial score (nSPS) is 11.1. The molecule has 2 amide bonds. The second-order valence-corrected chi connectivity index (χ2v) is 7.40.